The first kappa shape index (κ1) is 25.7. The van der Waals surface area contributed by atoms with Gasteiger partial charge in [-0.1, -0.05) is 55.5 Å². The van der Waals surface area contributed by atoms with Crippen LogP contribution in [0.3, 0.4) is 0 Å². The van der Waals surface area contributed by atoms with E-state index in [1.54, 1.807) is 6.20 Å². The van der Waals surface area contributed by atoms with Crippen molar-refractivity contribution in [3.05, 3.63) is 78.0 Å². The Balaban J connectivity index is 1.61. The number of anilines is 1. The number of hydrogen-bond donors (Lipinski definition) is 0. The summed E-state index contributed by atoms with van der Waals surface area (Å²) in [4.78, 5) is 22.8. The average Bonchev–Trinajstić information content (AvgIpc) is 3.38. The van der Waals surface area contributed by atoms with E-state index in [1.807, 2.05) is 69.3 Å². The lowest BCUT2D eigenvalue weighted by molar-refractivity contribution is 0.0379. The van der Waals surface area contributed by atoms with Crippen LogP contribution >= 0.6 is 0 Å². The molecule has 36 heavy (non-hydrogen) atoms. The Morgan fingerprint density at radius 1 is 1.08 bits per heavy atom. The second-order valence-corrected chi connectivity index (χ2v) is 9.37. The van der Waals surface area contributed by atoms with Gasteiger partial charge in [-0.05, 0) is 51.4 Å². The smallest absolute Gasteiger partial charge is 0.342 e. The topological polar surface area (TPSA) is 54.9 Å². The number of carbonyl (C=O) groups excluding carboxylic acids is 1. The molecule has 1 aliphatic heterocycles. The van der Waals surface area contributed by atoms with Crippen LogP contribution in [0.25, 0.3) is 11.1 Å². The molecule has 1 unspecified atom stereocenters. The van der Waals surface area contributed by atoms with Crippen molar-refractivity contribution in [3.8, 4) is 16.9 Å². The monoisotopic (exact) mass is 487 g/mol. The Kier molecular flexibility index (Phi) is 8.60. The Bertz CT molecular complexity index is 1150. The highest BCUT2D eigenvalue weighted by molar-refractivity contribution is 6.02. The van der Waals surface area contributed by atoms with Gasteiger partial charge in [0.25, 0.3) is 0 Å². The molecule has 0 aliphatic carbocycles. The third kappa shape index (κ3) is 5.88. The summed E-state index contributed by atoms with van der Waals surface area (Å²) in [7, 11) is 0. The molecule has 4 rings (SSSR count). The number of rotatable bonds is 10. The standard InChI is InChI=1S/C30H37N3O3/c1-5-32(20-24-14-10-11-15-27(24)35-6-2)25-17-19-33(21-25)29-28(30(34)36-22(3)4)26(16-18-31-29)23-12-8-7-9-13-23/h7-16,18,22,25H,5-6,17,19-21H2,1-4H3. The van der Waals surface area contributed by atoms with E-state index >= 15 is 0 Å². The summed E-state index contributed by atoms with van der Waals surface area (Å²) in [5.74, 6) is 1.33. The van der Waals surface area contributed by atoms with Crippen molar-refractivity contribution in [1.82, 2.24) is 9.88 Å². The van der Waals surface area contributed by atoms with Gasteiger partial charge in [0, 0.05) is 43.0 Å². The predicted molar refractivity (Wildman–Crippen MR) is 145 cm³/mol. The van der Waals surface area contributed by atoms with Crippen LogP contribution in [0.1, 0.15) is 50.0 Å². The molecule has 1 aliphatic rings. The summed E-state index contributed by atoms with van der Waals surface area (Å²) in [6.07, 6.45) is 2.59. The number of aromatic nitrogens is 1. The van der Waals surface area contributed by atoms with Gasteiger partial charge in [0.05, 0.1) is 12.7 Å². The summed E-state index contributed by atoms with van der Waals surface area (Å²) in [6.45, 7) is 12.0. The molecule has 3 aromatic rings. The molecule has 6 nitrogen and oxygen atoms in total. The lowest BCUT2D eigenvalue weighted by Gasteiger charge is -2.29. The van der Waals surface area contributed by atoms with Crippen molar-refractivity contribution in [1.29, 1.82) is 0 Å². The van der Waals surface area contributed by atoms with Crippen LogP contribution in [-0.4, -0.2) is 54.2 Å². The molecule has 0 saturated carbocycles. The lowest BCUT2D eigenvalue weighted by atomic mass is 10.0. The fourth-order valence-corrected chi connectivity index (χ4v) is 4.90. The first-order chi connectivity index (χ1) is 17.5. The second-order valence-electron chi connectivity index (χ2n) is 9.37. The maximum atomic E-state index is 13.3. The molecular weight excluding hydrogens is 450 g/mol. The number of ether oxygens (including phenoxy) is 2. The van der Waals surface area contributed by atoms with Gasteiger partial charge in [-0.25, -0.2) is 9.78 Å². The summed E-state index contributed by atoms with van der Waals surface area (Å²) in [5, 5.41) is 0. The predicted octanol–water partition coefficient (Wildman–Crippen LogP) is 5.81. The second kappa shape index (κ2) is 12.0. The molecule has 6 heteroatoms. The molecule has 1 fully saturated rings. The van der Waals surface area contributed by atoms with Crippen LogP contribution in [0.2, 0.25) is 0 Å². The van der Waals surface area contributed by atoms with Gasteiger partial charge in [-0.2, -0.15) is 0 Å². The number of nitrogens with zero attached hydrogens (tertiary/aromatic N) is 3. The van der Waals surface area contributed by atoms with Crippen LogP contribution in [0, 0.1) is 0 Å². The zero-order chi connectivity index (χ0) is 25.5. The van der Waals surface area contributed by atoms with Gasteiger partial charge in [0.15, 0.2) is 0 Å². The van der Waals surface area contributed by atoms with Crippen LogP contribution in [0.5, 0.6) is 5.75 Å². The van der Waals surface area contributed by atoms with Crippen molar-refractivity contribution in [2.75, 3.05) is 31.1 Å². The molecule has 1 atom stereocenters. The number of pyridine rings is 1. The SMILES string of the molecule is CCOc1ccccc1CN(CC)C1CCN(c2nccc(-c3ccccc3)c2C(=O)OC(C)C)C1. The maximum absolute atomic E-state index is 13.3. The van der Waals surface area contributed by atoms with E-state index in [1.165, 1.54) is 5.56 Å². The van der Waals surface area contributed by atoms with Gasteiger partial charge < -0.3 is 14.4 Å². The molecule has 0 radical (unpaired) electrons. The van der Waals surface area contributed by atoms with E-state index in [9.17, 15) is 4.79 Å². The van der Waals surface area contributed by atoms with Crippen molar-refractivity contribution < 1.29 is 14.3 Å². The van der Waals surface area contributed by atoms with E-state index < -0.39 is 0 Å². The highest BCUT2D eigenvalue weighted by atomic mass is 16.5. The molecule has 190 valence electrons. The van der Waals surface area contributed by atoms with Crippen molar-refractivity contribution in [2.45, 2.75) is 52.8 Å². The van der Waals surface area contributed by atoms with E-state index in [0.717, 1.165) is 49.5 Å². The van der Waals surface area contributed by atoms with Gasteiger partial charge in [-0.15, -0.1) is 0 Å². The highest BCUT2D eigenvalue weighted by Gasteiger charge is 2.32. The summed E-state index contributed by atoms with van der Waals surface area (Å²) >= 11 is 0. The molecule has 2 heterocycles. The number of hydrogen-bond acceptors (Lipinski definition) is 6. The number of esters is 1. The largest absolute Gasteiger partial charge is 0.494 e. The first-order valence-corrected chi connectivity index (χ1v) is 13.0. The lowest BCUT2D eigenvalue weighted by Crippen LogP contribution is -2.37. The highest BCUT2D eigenvalue weighted by Crippen LogP contribution is 2.33. The third-order valence-electron chi connectivity index (χ3n) is 6.59. The van der Waals surface area contributed by atoms with Gasteiger partial charge >= 0.3 is 5.97 Å². The Hall–Kier alpha value is -3.38. The quantitative estimate of drug-likeness (QED) is 0.336. The van der Waals surface area contributed by atoms with Crippen LogP contribution in [-0.2, 0) is 11.3 Å². The van der Waals surface area contributed by atoms with E-state index in [-0.39, 0.29) is 12.1 Å². The molecule has 1 saturated heterocycles. The van der Waals surface area contributed by atoms with E-state index in [0.29, 0.717) is 24.0 Å². The maximum Gasteiger partial charge on any atom is 0.342 e. The van der Waals surface area contributed by atoms with Crippen molar-refractivity contribution in [2.24, 2.45) is 0 Å². The zero-order valence-corrected chi connectivity index (χ0v) is 21.8. The molecular formula is C30H37N3O3. The Morgan fingerprint density at radius 2 is 1.83 bits per heavy atom. The minimum absolute atomic E-state index is 0.207. The van der Waals surface area contributed by atoms with E-state index in [2.05, 4.69) is 28.9 Å². The zero-order valence-electron chi connectivity index (χ0n) is 21.8. The summed E-state index contributed by atoms with van der Waals surface area (Å²) < 4.78 is 11.5. The minimum Gasteiger partial charge on any atom is -0.494 e. The molecule has 0 bridgehead atoms. The van der Waals surface area contributed by atoms with Gasteiger partial charge in [0.2, 0.25) is 0 Å². The van der Waals surface area contributed by atoms with Crippen LogP contribution < -0.4 is 9.64 Å². The number of carbonyl (C=O) groups is 1. The Labute approximate surface area is 214 Å². The number of benzene rings is 2. The van der Waals surface area contributed by atoms with Gasteiger partial charge in [0.1, 0.15) is 17.1 Å². The van der Waals surface area contributed by atoms with Crippen LogP contribution in [0.15, 0.2) is 66.9 Å². The van der Waals surface area contributed by atoms with Gasteiger partial charge in [-0.3, -0.25) is 4.90 Å². The number of para-hydroxylation sites is 1. The molecule has 0 N–H and O–H groups in total. The number of likely N-dealkylation sites (N-methyl/N-ethyl adjacent to an activating group) is 1. The fourth-order valence-electron chi connectivity index (χ4n) is 4.90. The summed E-state index contributed by atoms with van der Waals surface area (Å²) in [5.41, 5.74) is 3.58. The minimum atomic E-state index is -0.326. The third-order valence-corrected chi connectivity index (χ3v) is 6.59. The normalized spacial score (nSPS) is 15.5. The average molecular weight is 488 g/mol. The first-order valence-electron chi connectivity index (χ1n) is 13.0. The Morgan fingerprint density at radius 3 is 2.56 bits per heavy atom. The molecule has 0 spiro atoms. The molecule has 0 amide bonds. The van der Waals surface area contributed by atoms with E-state index in [4.69, 9.17) is 14.5 Å². The van der Waals surface area contributed by atoms with Crippen molar-refractivity contribution in [3.63, 3.8) is 0 Å². The fraction of sp³-hybridized carbons (Fsp3) is 0.400. The summed E-state index contributed by atoms with van der Waals surface area (Å²) in [6, 6.07) is 20.5. The molecule has 1 aromatic heterocycles. The van der Waals surface area contributed by atoms with Crippen molar-refractivity contribution >= 4 is 11.8 Å². The molecule has 2 aromatic carbocycles. The van der Waals surface area contributed by atoms with Crippen LogP contribution in [0.4, 0.5) is 5.82 Å².